The summed E-state index contributed by atoms with van der Waals surface area (Å²) in [7, 11) is 5.70. The zero-order valence-corrected chi connectivity index (χ0v) is 18.1. The van der Waals surface area contributed by atoms with Gasteiger partial charge in [-0.1, -0.05) is 35.9 Å². The number of amides is 1. The van der Waals surface area contributed by atoms with E-state index in [2.05, 4.69) is 20.9 Å². The summed E-state index contributed by atoms with van der Waals surface area (Å²) < 4.78 is 0. The maximum absolute atomic E-state index is 12.3. The molecule has 0 unspecified atom stereocenters. The van der Waals surface area contributed by atoms with Gasteiger partial charge in [0.2, 0.25) is 0 Å². The highest BCUT2D eigenvalue weighted by Gasteiger charge is 2.06. The second-order valence-corrected chi connectivity index (χ2v) is 7.43. The van der Waals surface area contributed by atoms with Crippen LogP contribution < -0.4 is 16.0 Å². The molecular formula is C22H30ClN5O. The minimum atomic E-state index is -0.0563. The lowest BCUT2D eigenvalue weighted by Gasteiger charge is -2.13. The van der Waals surface area contributed by atoms with Crippen molar-refractivity contribution < 1.29 is 4.79 Å². The third-order valence-corrected chi connectivity index (χ3v) is 4.59. The summed E-state index contributed by atoms with van der Waals surface area (Å²) in [5.74, 6) is 0.666. The number of guanidine groups is 1. The third kappa shape index (κ3) is 8.54. The lowest BCUT2D eigenvalue weighted by molar-refractivity contribution is 0.0951. The van der Waals surface area contributed by atoms with Gasteiger partial charge in [0.05, 0.1) is 0 Å². The Morgan fingerprint density at radius 2 is 1.76 bits per heavy atom. The number of carbonyl (C=O) groups is 1. The normalized spacial score (nSPS) is 11.4. The number of carbonyl (C=O) groups excluding carboxylic acids is 1. The highest BCUT2D eigenvalue weighted by atomic mass is 35.5. The molecule has 0 fully saturated rings. The first kappa shape index (κ1) is 22.7. The van der Waals surface area contributed by atoms with Crippen LogP contribution >= 0.6 is 11.6 Å². The average molecular weight is 416 g/mol. The SMILES string of the molecule is CN=C(NCCc1ccc(Cl)cc1)NCc1cccc(C(=O)NCCN(C)C)c1. The largest absolute Gasteiger partial charge is 0.356 e. The van der Waals surface area contributed by atoms with Gasteiger partial charge in [0, 0.05) is 43.8 Å². The van der Waals surface area contributed by atoms with Crippen molar-refractivity contribution in [2.24, 2.45) is 4.99 Å². The summed E-state index contributed by atoms with van der Waals surface area (Å²) in [5, 5.41) is 10.3. The second-order valence-electron chi connectivity index (χ2n) is 6.99. The Morgan fingerprint density at radius 1 is 1.00 bits per heavy atom. The van der Waals surface area contributed by atoms with Gasteiger partial charge in [-0.05, 0) is 55.9 Å². The van der Waals surface area contributed by atoms with E-state index in [0.29, 0.717) is 18.7 Å². The smallest absolute Gasteiger partial charge is 0.251 e. The number of benzene rings is 2. The maximum Gasteiger partial charge on any atom is 0.251 e. The lowest BCUT2D eigenvalue weighted by Crippen LogP contribution is -2.37. The molecule has 1 amide bonds. The molecule has 2 aromatic carbocycles. The number of hydrogen-bond donors (Lipinski definition) is 3. The molecule has 29 heavy (non-hydrogen) atoms. The quantitative estimate of drug-likeness (QED) is 0.435. The van der Waals surface area contributed by atoms with E-state index in [-0.39, 0.29) is 5.91 Å². The molecular weight excluding hydrogens is 386 g/mol. The summed E-state index contributed by atoms with van der Waals surface area (Å²) in [4.78, 5) is 18.6. The van der Waals surface area contributed by atoms with Crippen LogP contribution in [0.3, 0.4) is 0 Å². The fraction of sp³-hybridized carbons (Fsp3) is 0.364. The molecule has 0 radical (unpaired) electrons. The molecule has 0 aliphatic heterocycles. The summed E-state index contributed by atoms with van der Waals surface area (Å²) in [6.07, 6.45) is 0.875. The maximum atomic E-state index is 12.3. The summed E-state index contributed by atoms with van der Waals surface area (Å²) in [5.41, 5.74) is 2.89. The molecule has 7 heteroatoms. The Labute approximate surface area is 178 Å². The van der Waals surface area contributed by atoms with Crippen LogP contribution in [0.4, 0.5) is 0 Å². The van der Waals surface area contributed by atoms with Gasteiger partial charge >= 0.3 is 0 Å². The van der Waals surface area contributed by atoms with Crippen LogP contribution in [-0.4, -0.2) is 57.5 Å². The van der Waals surface area contributed by atoms with Crippen molar-refractivity contribution in [2.75, 3.05) is 40.8 Å². The zero-order chi connectivity index (χ0) is 21.1. The summed E-state index contributed by atoms with van der Waals surface area (Å²) in [6, 6.07) is 15.5. The van der Waals surface area contributed by atoms with Crippen LogP contribution in [0.25, 0.3) is 0 Å². The van der Waals surface area contributed by atoms with E-state index in [1.807, 2.05) is 67.5 Å². The number of likely N-dealkylation sites (N-methyl/N-ethyl adjacent to an activating group) is 1. The van der Waals surface area contributed by atoms with E-state index in [1.54, 1.807) is 7.05 Å². The van der Waals surface area contributed by atoms with E-state index in [9.17, 15) is 4.79 Å². The number of nitrogens with one attached hydrogen (secondary N) is 3. The number of halogens is 1. The predicted octanol–water partition coefficient (Wildman–Crippen LogP) is 2.54. The van der Waals surface area contributed by atoms with Gasteiger partial charge in [-0.3, -0.25) is 9.79 Å². The molecule has 0 heterocycles. The molecule has 6 nitrogen and oxygen atoms in total. The first-order valence-corrected chi connectivity index (χ1v) is 10.1. The van der Waals surface area contributed by atoms with Crippen LogP contribution in [-0.2, 0) is 13.0 Å². The Kier molecular flexibility index (Phi) is 9.47. The van der Waals surface area contributed by atoms with Crippen molar-refractivity contribution in [1.82, 2.24) is 20.9 Å². The van der Waals surface area contributed by atoms with Crippen LogP contribution in [0, 0.1) is 0 Å². The van der Waals surface area contributed by atoms with Gasteiger partial charge in [-0.15, -0.1) is 0 Å². The Bertz CT molecular complexity index is 805. The zero-order valence-electron chi connectivity index (χ0n) is 17.3. The minimum Gasteiger partial charge on any atom is -0.356 e. The number of hydrogen-bond acceptors (Lipinski definition) is 3. The number of nitrogens with zero attached hydrogens (tertiary/aromatic N) is 2. The molecule has 0 saturated carbocycles. The van der Waals surface area contributed by atoms with Gasteiger partial charge in [0.25, 0.3) is 5.91 Å². The van der Waals surface area contributed by atoms with Crippen LogP contribution in [0.2, 0.25) is 5.02 Å². The van der Waals surface area contributed by atoms with Gasteiger partial charge < -0.3 is 20.9 Å². The molecule has 0 atom stereocenters. The molecule has 0 spiro atoms. The molecule has 0 aliphatic rings. The molecule has 0 aliphatic carbocycles. The Balaban J connectivity index is 1.79. The molecule has 156 valence electrons. The van der Waals surface area contributed by atoms with Crippen molar-refractivity contribution in [3.05, 3.63) is 70.2 Å². The molecule has 2 rings (SSSR count). The monoisotopic (exact) mass is 415 g/mol. The van der Waals surface area contributed by atoms with Gasteiger partial charge in [0.15, 0.2) is 5.96 Å². The highest BCUT2D eigenvalue weighted by molar-refractivity contribution is 6.30. The Hall–Kier alpha value is -2.57. The third-order valence-electron chi connectivity index (χ3n) is 4.34. The minimum absolute atomic E-state index is 0.0563. The van der Waals surface area contributed by atoms with E-state index < -0.39 is 0 Å². The molecule has 2 aromatic rings. The molecule has 0 aromatic heterocycles. The summed E-state index contributed by atoms with van der Waals surface area (Å²) >= 11 is 5.91. The number of rotatable bonds is 9. The van der Waals surface area contributed by atoms with Gasteiger partial charge in [-0.25, -0.2) is 0 Å². The highest BCUT2D eigenvalue weighted by Crippen LogP contribution is 2.09. The van der Waals surface area contributed by atoms with Crippen LogP contribution in [0.15, 0.2) is 53.5 Å². The van der Waals surface area contributed by atoms with Crippen molar-refractivity contribution in [2.45, 2.75) is 13.0 Å². The molecule has 0 saturated heterocycles. The molecule has 3 N–H and O–H groups in total. The fourth-order valence-corrected chi connectivity index (χ4v) is 2.83. The van der Waals surface area contributed by atoms with E-state index >= 15 is 0 Å². The van der Waals surface area contributed by atoms with Crippen LogP contribution in [0.5, 0.6) is 0 Å². The van der Waals surface area contributed by atoms with Crippen LogP contribution in [0.1, 0.15) is 21.5 Å². The average Bonchev–Trinajstić information content (AvgIpc) is 2.71. The van der Waals surface area contributed by atoms with E-state index in [4.69, 9.17) is 11.6 Å². The van der Waals surface area contributed by atoms with Crippen molar-refractivity contribution >= 4 is 23.5 Å². The van der Waals surface area contributed by atoms with Crippen molar-refractivity contribution in [3.8, 4) is 0 Å². The standard InChI is InChI=1S/C22H30ClN5O/c1-24-22(26-12-11-17-7-9-20(23)10-8-17)27-16-18-5-4-6-19(15-18)21(29)25-13-14-28(2)3/h4-10,15H,11-14,16H2,1-3H3,(H,25,29)(H2,24,26,27). The molecule has 0 bridgehead atoms. The predicted molar refractivity (Wildman–Crippen MR) is 121 cm³/mol. The second kappa shape index (κ2) is 12.1. The van der Waals surface area contributed by atoms with Crippen molar-refractivity contribution in [1.29, 1.82) is 0 Å². The fourth-order valence-electron chi connectivity index (χ4n) is 2.70. The topological polar surface area (TPSA) is 68.8 Å². The first-order chi connectivity index (χ1) is 14.0. The van der Waals surface area contributed by atoms with Gasteiger partial charge in [-0.2, -0.15) is 0 Å². The number of aliphatic imine (C=N–C) groups is 1. The first-order valence-electron chi connectivity index (χ1n) is 9.69. The van der Waals surface area contributed by atoms with E-state index in [1.165, 1.54) is 5.56 Å². The Morgan fingerprint density at radius 3 is 2.45 bits per heavy atom. The lowest BCUT2D eigenvalue weighted by atomic mass is 10.1. The van der Waals surface area contributed by atoms with E-state index in [0.717, 1.165) is 36.1 Å². The van der Waals surface area contributed by atoms with Crippen molar-refractivity contribution in [3.63, 3.8) is 0 Å². The summed E-state index contributed by atoms with van der Waals surface area (Å²) in [6.45, 7) is 2.78. The van der Waals surface area contributed by atoms with Gasteiger partial charge in [0.1, 0.15) is 0 Å².